The number of nitrogens with zero attached hydrogens (tertiary/aromatic N) is 2. The molecule has 1 atom stereocenters. The highest BCUT2D eigenvalue weighted by Gasteiger charge is 2.48. The van der Waals surface area contributed by atoms with Crippen LogP contribution in [0, 0.1) is 0 Å². The number of hydrogen-bond donors (Lipinski definition) is 2. The van der Waals surface area contributed by atoms with Crippen molar-refractivity contribution in [3.05, 3.63) is 36.3 Å². The van der Waals surface area contributed by atoms with Gasteiger partial charge in [-0.05, 0) is 50.3 Å². The fourth-order valence-electron chi connectivity index (χ4n) is 4.64. The number of halogens is 2. The molecule has 6 nitrogen and oxygen atoms in total. The molecule has 0 saturated heterocycles. The molecule has 2 heterocycles. The highest BCUT2D eigenvalue weighted by atomic mass is 19.3. The van der Waals surface area contributed by atoms with Gasteiger partial charge in [0.15, 0.2) is 0 Å². The van der Waals surface area contributed by atoms with Gasteiger partial charge in [0.1, 0.15) is 12.4 Å². The van der Waals surface area contributed by atoms with E-state index >= 15 is 0 Å². The Labute approximate surface area is 174 Å². The first-order valence-electron chi connectivity index (χ1n) is 10.7. The number of alkyl halides is 2. The van der Waals surface area contributed by atoms with Crippen molar-refractivity contribution in [2.75, 3.05) is 6.61 Å². The minimum Gasteiger partial charge on any atom is -0.491 e. The molecule has 2 aromatic rings. The Morgan fingerprint density at radius 3 is 2.70 bits per heavy atom. The zero-order valence-corrected chi connectivity index (χ0v) is 16.7. The molecule has 2 N–H and O–H groups in total. The predicted octanol–water partition coefficient (Wildman–Crippen LogP) is 3.37. The van der Waals surface area contributed by atoms with Crippen molar-refractivity contribution in [3.8, 4) is 17.0 Å². The van der Waals surface area contributed by atoms with Gasteiger partial charge in [-0.3, -0.25) is 4.79 Å². The Morgan fingerprint density at radius 1 is 1.17 bits per heavy atom. The van der Waals surface area contributed by atoms with Gasteiger partial charge in [-0.15, -0.1) is 0 Å². The lowest BCUT2D eigenvalue weighted by Crippen LogP contribution is -2.57. The van der Waals surface area contributed by atoms with Crippen LogP contribution in [-0.4, -0.2) is 46.1 Å². The minimum absolute atomic E-state index is 0.0112. The van der Waals surface area contributed by atoms with Gasteiger partial charge in [-0.1, -0.05) is 0 Å². The molecule has 1 aromatic heterocycles. The van der Waals surface area contributed by atoms with Gasteiger partial charge in [0.05, 0.1) is 30.8 Å². The van der Waals surface area contributed by atoms with Crippen molar-refractivity contribution in [3.63, 3.8) is 0 Å². The molecule has 0 spiro atoms. The van der Waals surface area contributed by atoms with Crippen LogP contribution in [0.4, 0.5) is 8.78 Å². The maximum Gasteiger partial charge on any atom is 0.263 e. The van der Waals surface area contributed by atoms with Gasteiger partial charge in [0.25, 0.3) is 11.8 Å². The van der Waals surface area contributed by atoms with E-state index in [4.69, 9.17) is 4.74 Å². The molecular weight excluding hydrogens is 390 g/mol. The van der Waals surface area contributed by atoms with Crippen LogP contribution in [0.5, 0.6) is 5.75 Å². The number of rotatable bonds is 4. The zero-order valence-electron chi connectivity index (χ0n) is 16.7. The summed E-state index contributed by atoms with van der Waals surface area (Å²) < 4.78 is 34.8. The third kappa shape index (κ3) is 3.69. The van der Waals surface area contributed by atoms with Crippen molar-refractivity contribution in [2.24, 2.45) is 0 Å². The van der Waals surface area contributed by atoms with E-state index in [-0.39, 0.29) is 24.4 Å². The molecule has 2 aliphatic carbocycles. The van der Waals surface area contributed by atoms with E-state index < -0.39 is 12.0 Å². The van der Waals surface area contributed by atoms with Crippen molar-refractivity contribution < 1.29 is 18.3 Å². The van der Waals surface area contributed by atoms with Crippen LogP contribution < -0.4 is 15.4 Å². The Bertz CT molecular complexity index is 937. The van der Waals surface area contributed by atoms with Crippen molar-refractivity contribution in [1.82, 2.24) is 20.2 Å². The Morgan fingerprint density at radius 2 is 1.97 bits per heavy atom. The molecule has 1 aliphatic heterocycles. The maximum atomic E-state index is 13.5. The summed E-state index contributed by atoms with van der Waals surface area (Å²) in [7, 11) is 0. The Hall–Kier alpha value is -2.48. The van der Waals surface area contributed by atoms with Crippen molar-refractivity contribution in [1.29, 1.82) is 0 Å². The van der Waals surface area contributed by atoms with Crippen LogP contribution in [0.1, 0.15) is 48.9 Å². The number of carbonyl (C=O) groups excluding carboxylic acids is 1. The molecule has 2 saturated carbocycles. The van der Waals surface area contributed by atoms with E-state index in [0.717, 1.165) is 49.2 Å². The highest BCUT2D eigenvalue weighted by molar-refractivity contribution is 5.96. The minimum atomic E-state index is -2.56. The number of nitrogens with one attached hydrogen (secondary N) is 2. The van der Waals surface area contributed by atoms with Crippen LogP contribution >= 0.6 is 0 Å². The van der Waals surface area contributed by atoms with Crippen LogP contribution in [0.3, 0.4) is 0 Å². The molecule has 3 aliphatic rings. The molecule has 2 fully saturated rings. The number of carbonyl (C=O) groups is 1. The average Bonchev–Trinajstić information content (AvgIpc) is 3.14. The fraction of sp³-hybridized carbons (Fsp3) is 0.545. The van der Waals surface area contributed by atoms with Gasteiger partial charge in [-0.2, -0.15) is 0 Å². The zero-order chi connectivity index (χ0) is 20.7. The fourth-order valence-corrected chi connectivity index (χ4v) is 4.64. The molecule has 8 heteroatoms. The largest absolute Gasteiger partial charge is 0.491 e. The number of ether oxygens (including phenoxy) is 1. The van der Waals surface area contributed by atoms with Crippen LogP contribution in [0.15, 0.2) is 30.7 Å². The quantitative estimate of drug-likeness (QED) is 0.802. The summed E-state index contributed by atoms with van der Waals surface area (Å²) in [5.74, 6) is -1.92. The van der Waals surface area contributed by atoms with E-state index in [1.165, 1.54) is 0 Å². The number of imidazole rings is 1. The van der Waals surface area contributed by atoms with Crippen molar-refractivity contribution in [2.45, 2.75) is 69.1 Å². The van der Waals surface area contributed by atoms with Crippen LogP contribution in [-0.2, 0) is 6.54 Å². The number of amides is 1. The van der Waals surface area contributed by atoms with E-state index in [2.05, 4.69) is 15.6 Å². The predicted molar refractivity (Wildman–Crippen MR) is 108 cm³/mol. The van der Waals surface area contributed by atoms with Crippen LogP contribution in [0.2, 0.25) is 0 Å². The summed E-state index contributed by atoms with van der Waals surface area (Å²) in [5.41, 5.74) is 2.39. The van der Waals surface area contributed by atoms with Gasteiger partial charge < -0.3 is 19.9 Å². The molecule has 30 heavy (non-hydrogen) atoms. The first-order chi connectivity index (χ1) is 14.5. The molecule has 1 aromatic carbocycles. The lowest BCUT2D eigenvalue weighted by atomic mass is 9.84. The number of hydrogen-bond acceptors (Lipinski definition) is 4. The highest BCUT2D eigenvalue weighted by Crippen LogP contribution is 2.38. The SMILES string of the molecule is O=C(NC1CCC(NC2CCC2(F)F)CC1)c1ccc2c(c1)-c1cncn1CCO2. The van der Waals surface area contributed by atoms with E-state index in [0.29, 0.717) is 18.6 Å². The van der Waals surface area contributed by atoms with Gasteiger partial charge in [0.2, 0.25) is 0 Å². The van der Waals surface area contributed by atoms with Crippen molar-refractivity contribution >= 4 is 5.91 Å². The molecule has 5 rings (SSSR count). The lowest BCUT2D eigenvalue weighted by molar-refractivity contribution is -0.110. The first-order valence-corrected chi connectivity index (χ1v) is 10.7. The van der Waals surface area contributed by atoms with E-state index in [1.54, 1.807) is 18.6 Å². The summed E-state index contributed by atoms with van der Waals surface area (Å²) in [6.07, 6.45) is 7.28. The third-order valence-electron chi connectivity index (χ3n) is 6.60. The molecule has 0 radical (unpaired) electrons. The number of aromatic nitrogens is 2. The second-order valence-electron chi connectivity index (χ2n) is 8.57. The Balaban J connectivity index is 1.20. The van der Waals surface area contributed by atoms with Crippen LogP contribution in [0.25, 0.3) is 11.3 Å². The lowest BCUT2D eigenvalue weighted by Gasteiger charge is -2.41. The second-order valence-corrected chi connectivity index (χ2v) is 8.57. The van der Waals surface area contributed by atoms with Gasteiger partial charge in [-0.25, -0.2) is 13.8 Å². The molecule has 1 unspecified atom stereocenters. The molecule has 0 bridgehead atoms. The summed E-state index contributed by atoms with van der Waals surface area (Å²) in [6.45, 7) is 1.28. The maximum absolute atomic E-state index is 13.5. The summed E-state index contributed by atoms with van der Waals surface area (Å²) in [4.78, 5) is 17.1. The summed E-state index contributed by atoms with van der Waals surface area (Å²) in [6, 6.07) is 4.98. The third-order valence-corrected chi connectivity index (χ3v) is 6.60. The summed E-state index contributed by atoms with van der Waals surface area (Å²) >= 11 is 0. The van der Waals surface area contributed by atoms with E-state index in [1.807, 2.05) is 16.7 Å². The summed E-state index contributed by atoms with van der Waals surface area (Å²) in [5, 5.41) is 6.23. The topological polar surface area (TPSA) is 68.2 Å². The number of benzene rings is 1. The smallest absolute Gasteiger partial charge is 0.263 e. The second kappa shape index (κ2) is 7.65. The molecule has 160 valence electrons. The molecule has 1 amide bonds. The molecular formula is C22H26F2N4O2. The van der Waals surface area contributed by atoms with Gasteiger partial charge >= 0.3 is 0 Å². The average molecular weight is 416 g/mol. The van der Waals surface area contributed by atoms with Gasteiger partial charge in [0, 0.05) is 29.6 Å². The monoisotopic (exact) mass is 416 g/mol. The standard InChI is InChI=1S/C22H26F2N4O2/c23-22(24)8-7-20(22)26-15-2-4-16(5-3-15)27-21(29)14-1-6-19-17(11-14)18-12-25-13-28(18)9-10-30-19/h1,6,11-13,15-16,20,26H,2-5,7-10H2,(H,27,29). The first kappa shape index (κ1) is 19.5. The van der Waals surface area contributed by atoms with E-state index in [9.17, 15) is 13.6 Å². The normalized spacial score (nSPS) is 27.1. The Kier molecular flexibility index (Phi) is 4.97. The number of fused-ring (bicyclic) bond motifs is 3.